The van der Waals surface area contributed by atoms with E-state index in [1.165, 1.54) is 24.0 Å². The van der Waals surface area contributed by atoms with Crippen LogP contribution in [0.25, 0.3) is 0 Å². The molecular weight excluding hydrogens is 356 g/mol. The van der Waals surface area contributed by atoms with Gasteiger partial charge in [-0.25, -0.2) is 0 Å². The maximum atomic E-state index is 10.3. The third-order valence-corrected chi connectivity index (χ3v) is 6.26. The lowest BCUT2D eigenvalue weighted by Crippen LogP contribution is -2.54. The van der Waals surface area contributed by atoms with E-state index in [2.05, 4.69) is 36.4 Å². The van der Waals surface area contributed by atoms with Gasteiger partial charge < -0.3 is 24.8 Å². The molecule has 2 fully saturated rings. The molecule has 1 saturated carbocycles. The molecule has 2 aromatic rings. The highest BCUT2D eigenvalue weighted by atomic mass is 16.7. The fraction of sp³-hybridized carbons (Fsp3) is 0.478. The number of rotatable bonds is 4. The van der Waals surface area contributed by atoms with Gasteiger partial charge in [-0.2, -0.15) is 0 Å². The van der Waals surface area contributed by atoms with Crippen molar-refractivity contribution in [2.45, 2.75) is 62.3 Å². The van der Waals surface area contributed by atoms with Crippen LogP contribution in [0, 0.1) is 0 Å². The minimum absolute atomic E-state index is 0.150. The molecule has 1 aliphatic carbocycles. The summed E-state index contributed by atoms with van der Waals surface area (Å²) in [4.78, 5) is 0. The Hall–Kier alpha value is -1.76. The van der Waals surface area contributed by atoms with E-state index >= 15 is 0 Å². The van der Waals surface area contributed by atoms with Gasteiger partial charge in [-0.1, -0.05) is 36.4 Å². The first-order chi connectivity index (χ1) is 13.6. The average molecular weight is 382 g/mol. The van der Waals surface area contributed by atoms with Crippen molar-refractivity contribution in [1.82, 2.24) is 0 Å². The van der Waals surface area contributed by atoms with E-state index in [1.54, 1.807) is 0 Å². The van der Waals surface area contributed by atoms with Gasteiger partial charge in [0.15, 0.2) is 5.79 Å². The van der Waals surface area contributed by atoms with E-state index < -0.39 is 24.1 Å². The molecule has 0 amide bonds. The zero-order valence-corrected chi connectivity index (χ0v) is 15.8. The van der Waals surface area contributed by atoms with Crippen molar-refractivity contribution in [1.29, 1.82) is 0 Å². The van der Waals surface area contributed by atoms with Crippen molar-refractivity contribution in [3.63, 3.8) is 0 Å². The average Bonchev–Trinajstić information content (AvgIpc) is 3.50. The summed E-state index contributed by atoms with van der Waals surface area (Å²) in [5, 5.41) is 29.9. The smallest absolute Gasteiger partial charge is 0.198 e. The van der Waals surface area contributed by atoms with Crippen molar-refractivity contribution >= 4 is 0 Å². The quantitative estimate of drug-likeness (QED) is 0.757. The monoisotopic (exact) mass is 382 g/mol. The molecule has 3 N–H and O–H groups in total. The molecule has 0 aromatic heterocycles. The van der Waals surface area contributed by atoms with Crippen molar-refractivity contribution in [2.24, 2.45) is 0 Å². The van der Waals surface area contributed by atoms with Crippen LogP contribution < -0.4 is 0 Å². The first-order valence-electron chi connectivity index (χ1n) is 10.1. The number of aliphatic hydroxyl groups is 3. The Morgan fingerprint density at radius 1 is 1.00 bits per heavy atom. The summed E-state index contributed by atoms with van der Waals surface area (Å²) >= 11 is 0. The maximum Gasteiger partial charge on any atom is 0.198 e. The molecule has 0 bridgehead atoms. The predicted octanol–water partition coefficient (Wildman–Crippen LogP) is 2.34. The highest BCUT2D eigenvalue weighted by molar-refractivity contribution is 5.40. The summed E-state index contributed by atoms with van der Waals surface area (Å²) in [5.74, 6) is -0.344. The third-order valence-electron chi connectivity index (χ3n) is 6.26. The van der Waals surface area contributed by atoms with Crippen molar-refractivity contribution < 1.29 is 24.8 Å². The fourth-order valence-electron chi connectivity index (χ4n) is 4.46. The highest BCUT2D eigenvalue weighted by Crippen LogP contribution is 2.46. The first-order valence-corrected chi connectivity index (χ1v) is 10.1. The molecule has 2 unspecified atom stereocenters. The van der Waals surface area contributed by atoms with Gasteiger partial charge in [0.2, 0.25) is 0 Å². The Morgan fingerprint density at radius 3 is 2.46 bits per heavy atom. The summed E-state index contributed by atoms with van der Waals surface area (Å²) in [6.07, 6.45) is 0.587. The zero-order chi connectivity index (χ0) is 19.3. The van der Waals surface area contributed by atoms with Crippen LogP contribution in [0.5, 0.6) is 0 Å². The Bertz CT molecular complexity index is 860. The Kier molecular flexibility index (Phi) is 4.53. The van der Waals surface area contributed by atoms with Crippen LogP contribution in [-0.4, -0.2) is 40.2 Å². The van der Waals surface area contributed by atoms with Crippen LogP contribution in [0.2, 0.25) is 0 Å². The van der Waals surface area contributed by atoms with Gasteiger partial charge in [-0.3, -0.25) is 0 Å². The number of fused-ring (bicyclic) bond motifs is 2. The van der Waals surface area contributed by atoms with Crippen molar-refractivity contribution in [3.8, 4) is 0 Å². The van der Waals surface area contributed by atoms with E-state index in [-0.39, 0.29) is 13.0 Å². The summed E-state index contributed by atoms with van der Waals surface area (Å²) < 4.78 is 11.9. The molecule has 0 radical (unpaired) electrons. The van der Waals surface area contributed by atoms with E-state index in [0.29, 0.717) is 6.61 Å². The highest BCUT2D eigenvalue weighted by Gasteiger charge is 2.51. The fourth-order valence-corrected chi connectivity index (χ4v) is 4.46. The molecule has 2 aromatic carbocycles. The lowest BCUT2D eigenvalue weighted by atomic mass is 9.88. The molecule has 28 heavy (non-hydrogen) atoms. The SMILES string of the molecule is OCC1O[C@@]2(CC(O)[C@@H]1O)OCc1ccc(Cc3ccc(C4CC4)cc3)cc12. The van der Waals surface area contributed by atoms with Crippen LogP contribution >= 0.6 is 0 Å². The molecule has 1 saturated heterocycles. The van der Waals surface area contributed by atoms with Crippen LogP contribution in [-0.2, 0) is 28.3 Å². The summed E-state index contributed by atoms with van der Waals surface area (Å²) in [7, 11) is 0. The molecule has 3 aliphatic rings. The van der Waals surface area contributed by atoms with E-state index in [0.717, 1.165) is 29.0 Å². The number of aliphatic hydroxyl groups excluding tert-OH is 3. The molecule has 1 spiro atoms. The Labute approximate surface area is 164 Å². The molecule has 5 rings (SSSR count). The van der Waals surface area contributed by atoms with Crippen LogP contribution in [0.4, 0.5) is 0 Å². The standard InChI is InChI=1S/C23H26O5/c24-12-21-22(26)20(25)11-23(28-21)19-10-15(3-6-18(19)13-27-23)9-14-1-4-16(5-2-14)17-7-8-17/h1-6,10,17,20-22,24-26H,7-9,11-13H2/t20?,21?,22-,23+/m0/s1. The minimum Gasteiger partial charge on any atom is -0.394 e. The van der Waals surface area contributed by atoms with Gasteiger partial charge in [0, 0.05) is 12.0 Å². The Morgan fingerprint density at radius 2 is 1.75 bits per heavy atom. The normalized spacial score (nSPS) is 31.9. The maximum absolute atomic E-state index is 10.3. The van der Waals surface area contributed by atoms with Gasteiger partial charge in [0.1, 0.15) is 12.2 Å². The predicted molar refractivity (Wildman–Crippen MR) is 103 cm³/mol. The van der Waals surface area contributed by atoms with Crippen LogP contribution in [0.1, 0.15) is 53.0 Å². The van der Waals surface area contributed by atoms with Gasteiger partial charge >= 0.3 is 0 Å². The molecule has 2 heterocycles. The lowest BCUT2D eigenvalue weighted by Gasteiger charge is -2.42. The summed E-state index contributed by atoms with van der Waals surface area (Å²) in [5.41, 5.74) is 5.75. The second kappa shape index (κ2) is 6.94. The third kappa shape index (κ3) is 3.17. The second-order valence-corrected chi connectivity index (χ2v) is 8.33. The van der Waals surface area contributed by atoms with Crippen molar-refractivity contribution in [3.05, 3.63) is 70.3 Å². The molecule has 148 valence electrons. The number of benzene rings is 2. The zero-order valence-electron chi connectivity index (χ0n) is 15.8. The number of ether oxygens (including phenoxy) is 2. The molecule has 5 heteroatoms. The van der Waals surface area contributed by atoms with Gasteiger partial charge in [-0.15, -0.1) is 0 Å². The van der Waals surface area contributed by atoms with Gasteiger partial charge in [0.25, 0.3) is 0 Å². The van der Waals surface area contributed by atoms with E-state index in [1.807, 2.05) is 6.07 Å². The molecule has 2 aliphatic heterocycles. The van der Waals surface area contributed by atoms with E-state index in [9.17, 15) is 15.3 Å². The second-order valence-electron chi connectivity index (χ2n) is 8.33. The molecular formula is C23H26O5. The van der Waals surface area contributed by atoms with Crippen LogP contribution in [0.15, 0.2) is 42.5 Å². The lowest BCUT2D eigenvalue weighted by molar-refractivity contribution is -0.326. The van der Waals surface area contributed by atoms with Gasteiger partial charge in [0.05, 0.1) is 19.3 Å². The van der Waals surface area contributed by atoms with Gasteiger partial charge in [-0.05, 0) is 53.5 Å². The molecule has 5 nitrogen and oxygen atoms in total. The van der Waals surface area contributed by atoms with Crippen molar-refractivity contribution in [2.75, 3.05) is 6.61 Å². The number of hydrogen-bond donors (Lipinski definition) is 3. The molecule has 4 atom stereocenters. The first kappa shape index (κ1) is 18.3. The minimum atomic E-state index is -1.11. The number of hydrogen-bond acceptors (Lipinski definition) is 5. The van der Waals surface area contributed by atoms with Crippen LogP contribution in [0.3, 0.4) is 0 Å². The Balaban J connectivity index is 1.40. The summed E-state index contributed by atoms with van der Waals surface area (Å²) in [6.45, 7) is 0.0262. The van der Waals surface area contributed by atoms with E-state index in [4.69, 9.17) is 9.47 Å². The largest absolute Gasteiger partial charge is 0.394 e. The summed E-state index contributed by atoms with van der Waals surface area (Å²) in [6, 6.07) is 15.1. The topological polar surface area (TPSA) is 79.2 Å².